The normalized spacial score (nSPS) is 27.5. The van der Waals surface area contributed by atoms with Gasteiger partial charge in [0.15, 0.2) is 5.60 Å². The van der Waals surface area contributed by atoms with Gasteiger partial charge in [0.05, 0.1) is 31.8 Å². The van der Waals surface area contributed by atoms with Crippen molar-refractivity contribution in [1.82, 2.24) is 41.7 Å². The molecule has 2 aromatic rings. The van der Waals surface area contributed by atoms with Crippen LogP contribution in [-0.4, -0.2) is 181 Å². The van der Waals surface area contributed by atoms with E-state index >= 15 is 0 Å². The second kappa shape index (κ2) is 34.8. The molecule has 2 aromatic carbocycles. The first-order chi connectivity index (χ1) is 47.3. The van der Waals surface area contributed by atoms with Gasteiger partial charge in [-0.15, -0.1) is 0 Å². The number of amides is 10. The molecule has 2 spiro atoms. The Bertz CT molecular complexity index is 3280. The zero-order valence-corrected chi connectivity index (χ0v) is 59.3. The third-order valence-electron chi connectivity index (χ3n) is 20.1. The molecular formula is C72H100Cl2N10O15. The molecule has 6 saturated heterocycles. The molecule has 99 heavy (non-hydrogen) atoms. The summed E-state index contributed by atoms with van der Waals surface area (Å²) in [5.41, 5.74) is -1.75. The highest BCUT2D eigenvalue weighted by Gasteiger charge is 2.59. The quantitative estimate of drug-likeness (QED) is 0.0915. The molecule has 0 radical (unpaired) electrons. The fourth-order valence-corrected chi connectivity index (χ4v) is 15.2. The Kier molecular flexibility index (Phi) is 26.6. The van der Waals surface area contributed by atoms with Gasteiger partial charge in [0.2, 0.25) is 47.0 Å². The number of benzene rings is 2. The standard InChI is InChI=1S/C40H56ClN5O6.C32H44ClN5O9/c41-28-15-12-16-30(22-28)45-25-40(24-35(45)48)23-33-37(50)44-31(36(49)38(51)42-29-19-20-29)17-10-4-2-1-3-5-11-18-32(39(52)46(33)26-40)43-34(47)21-27-13-8-6-7-9-14-27;1-31(2,3)46-29(43)36-23-17-45-14-9-7-5-6-8-13-22(25(39)27(41)34-4)35-26(40)24-16-32(19-38(24)28(23)42)18-37(30(44)47-32)21-12-10-11-20(33)15-21/h12,15-16,22,27,29,31-33H,1-11,13-14,17-21,23-26H2,(H,42,51)(H,43,47)(H,44,50);10-12,15,22-24H,5-9,13-14,16-19H2,1-4H3,(H,34,41)(H,35,40)(H,36,43)/t31-,32-,33-,40+;22-,23-,24-,32+/m00/s1. The molecular weight excluding hydrogens is 1320 g/mol. The Morgan fingerprint density at radius 3 is 1.69 bits per heavy atom. The molecule has 25 nitrogen and oxygen atoms in total. The van der Waals surface area contributed by atoms with Crippen LogP contribution in [0.25, 0.3) is 0 Å². The first-order valence-corrected chi connectivity index (χ1v) is 36.6. The lowest BCUT2D eigenvalue weighted by atomic mass is 9.84. The first kappa shape index (κ1) is 75.8. The van der Waals surface area contributed by atoms with Crippen molar-refractivity contribution >= 4 is 106 Å². The average molecular weight is 1420 g/mol. The van der Waals surface area contributed by atoms with Crippen molar-refractivity contribution in [2.24, 2.45) is 11.3 Å². The van der Waals surface area contributed by atoms with Crippen molar-refractivity contribution in [3.8, 4) is 0 Å². The maximum absolute atomic E-state index is 14.7. The van der Waals surface area contributed by atoms with Gasteiger partial charge < -0.3 is 60.8 Å². The number of carbonyl (C=O) groups is 12. The van der Waals surface area contributed by atoms with E-state index in [4.69, 9.17) is 37.4 Å². The monoisotopic (exact) mass is 1410 g/mol. The number of hydrogen-bond acceptors (Lipinski definition) is 15. The largest absolute Gasteiger partial charge is 0.444 e. The number of Topliss-reactive ketones (excluding diaryl/α,β-unsaturated/α-hetero) is 2. The van der Waals surface area contributed by atoms with Crippen LogP contribution in [0.2, 0.25) is 10.0 Å². The van der Waals surface area contributed by atoms with E-state index in [0.29, 0.717) is 79.0 Å². The average Bonchev–Trinajstić information content (AvgIpc) is 1.60. The number of alkyl carbamates (subject to hydrolysis) is 1. The van der Waals surface area contributed by atoms with Crippen molar-refractivity contribution in [2.75, 3.05) is 56.2 Å². The minimum Gasteiger partial charge on any atom is -0.444 e. The van der Waals surface area contributed by atoms with E-state index in [-0.39, 0.29) is 75.7 Å². The number of likely N-dealkylation sites (N-methyl/N-ethyl adjacent to an activating group) is 1. The molecule has 0 aromatic heterocycles. The summed E-state index contributed by atoms with van der Waals surface area (Å²) in [5, 5.41) is 17.3. The molecule has 10 rings (SSSR count). The molecule has 2 aliphatic carbocycles. The number of rotatable bonds is 11. The van der Waals surface area contributed by atoms with Gasteiger partial charge in [-0.1, -0.05) is 132 Å². The lowest BCUT2D eigenvalue weighted by molar-refractivity contribution is -0.143. The number of ketones is 2. The van der Waals surface area contributed by atoms with E-state index in [1.165, 1.54) is 29.7 Å². The van der Waals surface area contributed by atoms with Crippen LogP contribution in [0.15, 0.2) is 48.5 Å². The van der Waals surface area contributed by atoms with E-state index in [9.17, 15) is 57.5 Å². The molecule has 2 saturated carbocycles. The van der Waals surface area contributed by atoms with Crippen LogP contribution in [0.5, 0.6) is 0 Å². The van der Waals surface area contributed by atoms with Gasteiger partial charge in [-0.3, -0.25) is 52.8 Å². The summed E-state index contributed by atoms with van der Waals surface area (Å²) in [5.74, 6) is -5.15. The Balaban J connectivity index is 0.000000233. The summed E-state index contributed by atoms with van der Waals surface area (Å²) in [4.78, 5) is 168. The molecule has 542 valence electrons. The SMILES string of the molecule is CNC(=O)C(=O)[C@@H]1CCCCCCCOC[C@H](NC(=O)OC(C)(C)C)C(=O)N2C[C@@]3(C[C@H]2C(=O)N1)CN(c1cccc(Cl)c1)C(=O)O3.O=C(CC1CCCCCC1)N[C@H]1CCCCCCCCC[C@@H](C(=O)C(=O)NC2CC2)NC(=O)[C@@H]2C[C@]3(CC(=O)N(c4cccc(Cl)c4)C3)CN2C1=O. The number of hydrogen-bond donors (Lipinski definition) is 6. The van der Waals surface area contributed by atoms with E-state index in [1.807, 2.05) is 6.07 Å². The number of ether oxygens (including phenoxy) is 3. The smallest absolute Gasteiger partial charge is 0.415 e. The van der Waals surface area contributed by atoms with E-state index in [2.05, 4.69) is 31.9 Å². The summed E-state index contributed by atoms with van der Waals surface area (Å²) < 4.78 is 17.1. The molecule has 27 heteroatoms. The number of nitrogens with zero attached hydrogens (tertiary/aromatic N) is 4. The fourth-order valence-electron chi connectivity index (χ4n) is 14.8. The van der Waals surface area contributed by atoms with Gasteiger partial charge in [-0.25, -0.2) is 9.59 Å². The fraction of sp³-hybridized carbons (Fsp3) is 0.667. The molecule has 8 fully saturated rings. The van der Waals surface area contributed by atoms with Gasteiger partial charge >= 0.3 is 12.2 Å². The Morgan fingerprint density at radius 2 is 1.11 bits per heavy atom. The zero-order chi connectivity index (χ0) is 71.0. The number of carbonyl (C=O) groups excluding carboxylic acids is 12. The van der Waals surface area contributed by atoms with Crippen LogP contribution in [0.3, 0.4) is 0 Å². The topological polar surface area (TPSA) is 318 Å². The lowest BCUT2D eigenvalue weighted by Crippen LogP contribution is -2.57. The van der Waals surface area contributed by atoms with E-state index in [1.54, 1.807) is 73.0 Å². The van der Waals surface area contributed by atoms with Crippen molar-refractivity contribution < 1.29 is 71.7 Å². The predicted molar refractivity (Wildman–Crippen MR) is 369 cm³/mol. The van der Waals surface area contributed by atoms with Gasteiger partial charge in [0.25, 0.3) is 11.8 Å². The van der Waals surface area contributed by atoms with Gasteiger partial charge in [-0.2, -0.15) is 0 Å². The van der Waals surface area contributed by atoms with Crippen LogP contribution in [0.4, 0.5) is 21.0 Å². The van der Waals surface area contributed by atoms with Gasteiger partial charge in [-0.05, 0) is 121 Å². The maximum Gasteiger partial charge on any atom is 0.415 e. The van der Waals surface area contributed by atoms with Crippen LogP contribution in [0, 0.1) is 11.3 Å². The number of fused-ring (bicyclic) bond motifs is 2. The lowest BCUT2D eigenvalue weighted by Gasteiger charge is -2.30. The van der Waals surface area contributed by atoms with Crippen molar-refractivity contribution in [3.63, 3.8) is 0 Å². The predicted octanol–water partition coefficient (Wildman–Crippen LogP) is 8.07. The molecule has 6 aliphatic heterocycles. The van der Waals surface area contributed by atoms with Crippen molar-refractivity contribution in [1.29, 1.82) is 0 Å². The van der Waals surface area contributed by atoms with Crippen LogP contribution in [0.1, 0.15) is 194 Å². The number of halogens is 2. The zero-order valence-electron chi connectivity index (χ0n) is 57.7. The maximum atomic E-state index is 14.7. The van der Waals surface area contributed by atoms with E-state index in [0.717, 1.165) is 96.3 Å². The van der Waals surface area contributed by atoms with Gasteiger partial charge in [0, 0.05) is 78.9 Å². The molecule has 6 heterocycles. The molecule has 10 amide bonds. The summed E-state index contributed by atoms with van der Waals surface area (Å²) in [7, 11) is 1.33. The molecule has 0 unspecified atom stereocenters. The third kappa shape index (κ3) is 21.1. The Hall–Kier alpha value is -7.38. The Morgan fingerprint density at radius 1 is 0.586 bits per heavy atom. The van der Waals surface area contributed by atoms with E-state index < -0.39 is 106 Å². The molecule has 8 aliphatic rings. The summed E-state index contributed by atoms with van der Waals surface area (Å²) in [6, 6.07) is 7.32. The minimum absolute atomic E-state index is 0.000988. The minimum atomic E-state index is -1.31. The highest BCUT2D eigenvalue weighted by molar-refractivity contribution is 6.39. The third-order valence-corrected chi connectivity index (χ3v) is 20.6. The highest BCUT2D eigenvalue weighted by Crippen LogP contribution is 2.46. The Labute approximate surface area is 590 Å². The molecule has 6 N–H and O–H groups in total. The highest BCUT2D eigenvalue weighted by atomic mass is 35.5. The summed E-state index contributed by atoms with van der Waals surface area (Å²) in [6.07, 6.45) is 18.4. The number of anilines is 2. The van der Waals surface area contributed by atoms with Gasteiger partial charge in [0.1, 0.15) is 29.8 Å². The van der Waals surface area contributed by atoms with Crippen LogP contribution < -0.4 is 41.7 Å². The van der Waals surface area contributed by atoms with Crippen molar-refractivity contribution in [2.45, 2.75) is 248 Å². The molecule has 8 atom stereocenters. The van der Waals surface area contributed by atoms with Crippen molar-refractivity contribution in [3.05, 3.63) is 58.6 Å². The second-order valence-electron chi connectivity index (χ2n) is 29.4. The first-order valence-electron chi connectivity index (χ1n) is 35.8. The van der Waals surface area contributed by atoms with Crippen LogP contribution in [-0.2, 0) is 62.2 Å². The molecule has 0 bridgehead atoms. The summed E-state index contributed by atoms with van der Waals surface area (Å²) in [6.45, 7) is 5.46. The summed E-state index contributed by atoms with van der Waals surface area (Å²) >= 11 is 12.5. The van der Waals surface area contributed by atoms with Crippen LogP contribution >= 0.6 is 23.2 Å². The second-order valence-corrected chi connectivity index (χ2v) is 30.2. The number of nitrogens with one attached hydrogen (secondary N) is 6.